The molecule has 2 nitrogen and oxygen atoms in total. The summed E-state index contributed by atoms with van der Waals surface area (Å²) in [5.41, 5.74) is 1.42. The van der Waals surface area contributed by atoms with Crippen molar-refractivity contribution in [3.05, 3.63) is 75.7 Å². The maximum absolute atomic E-state index is 12.8. The second-order valence-electron chi connectivity index (χ2n) is 5.40. The number of aryl methyl sites for hydroxylation is 1. The lowest BCUT2D eigenvalue weighted by molar-refractivity contribution is -0.137. The highest BCUT2D eigenvalue weighted by Gasteiger charge is 2.30. The lowest BCUT2D eigenvalue weighted by Gasteiger charge is -2.07. The van der Waals surface area contributed by atoms with Crippen LogP contribution in [0.3, 0.4) is 0 Å². The van der Waals surface area contributed by atoms with E-state index in [4.69, 9.17) is 4.42 Å². The molecule has 0 amide bonds. The SMILES string of the molecule is Cc1nc(Cc2cccc(C(F)(F)F)c2)oc1-c1ccc(Br)cc1. The first kappa shape index (κ1) is 16.8. The molecule has 0 bridgehead atoms. The van der Waals surface area contributed by atoms with E-state index in [1.165, 1.54) is 6.07 Å². The molecule has 2 aromatic carbocycles. The van der Waals surface area contributed by atoms with Gasteiger partial charge in [0.2, 0.25) is 0 Å². The second kappa shape index (κ2) is 6.43. The summed E-state index contributed by atoms with van der Waals surface area (Å²) in [6.07, 6.45) is -4.15. The van der Waals surface area contributed by atoms with Gasteiger partial charge in [-0.05, 0) is 30.7 Å². The van der Waals surface area contributed by atoms with Crippen LogP contribution in [0.25, 0.3) is 11.3 Å². The van der Waals surface area contributed by atoms with Gasteiger partial charge in [-0.1, -0.05) is 46.3 Å². The number of rotatable bonds is 3. The minimum absolute atomic E-state index is 0.210. The largest absolute Gasteiger partial charge is 0.440 e. The molecule has 0 fully saturated rings. The Morgan fingerprint density at radius 3 is 2.46 bits per heavy atom. The smallest absolute Gasteiger partial charge is 0.416 e. The van der Waals surface area contributed by atoms with Gasteiger partial charge >= 0.3 is 6.18 Å². The van der Waals surface area contributed by atoms with E-state index in [2.05, 4.69) is 20.9 Å². The summed E-state index contributed by atoms with van der Waals surface area (Å²) in [6.45, 7) is 1.82. The molecule has 0 N–H and O–H groups in total. The van der Waals surface area contributed by atoms with Crippen molar-refractivity contribution in [2.75, 3.05) is 0 Å². The van der Waals surface area contributed by atoms with E-state index >= 15 is 0 Å². The lowest BCUT2D eigenvalue weighted by atomic mass is 10.1. The van der Waals surface area contributed by atoms with Gasteiger partial charge in [0.1, 0.15) is 0 Å². The monoisotopic (exact) mass is 395 g/mol. The zero-order valence-electron chi connectivity index (χ0n) is 12.7. The van der Waals surface area contributed by atoms with Gasteiger partial charge < -0.3 is 4.42 Å². The van der Waals surface area contributed by atoms with Crippen LogP contribution in [-0.4, -0.2) is 4.98 Å². The van der Waals surface area contributed by atoms with Gasteiger partial charge in [0.05, 0.1) is 11.3 Å². The molecule has 0 aliphatic rings. The number of aromatic nitrogens is 1. The summed E-state index contributed by atoms with van der Waals surface area (Å²) >= 11 is 3.37. The summed E-state index contributed by atoms with van der Waals surface area (Å²) in [4.78, 5) is 4.34. The first-order chi connectivity index (χ1) is 11.3. The van der Waals surface area contributed by atoms with Crippen LogP contribution in [0.15, 0.2) is 57.4 Å². The minimum Gasteiger partial charge on any atom is -0.440 e. The number of hydrogen-bond acceptors (Lipinski definition) is 2. The number of benzene rings is 2. The van der Waals surface area contributed by atoms with Crippen molar-refractivity contribution in [2.24, 2.45) is 0 Å². The van der Waals surface area contributed by atoms with Crippen LogP contribution in [0.1, 0.15) is 22.7 Å². The molecule has 0 saturated carbocycles. The van der Waals surface area contributed by atoms with Crippen LogP contribution in [0, 0.1) is 6.92 Å². The first-order valence-corrected chi connectivity index (χ1v) is 8.00. The van der Waals surface area contributed by atoms with E-state index < -0.39 is 11.7 Å². The molecule has 0 aliphatic heterocycles. The molecule has 0 unspecified atom stereocenters. The molecule has 0 saturated heterocycles. The number of nitrogens with zero attached hydrogens (tertiary/aromatic N) is 1. The summed E-state index contributed by atoms with van der Waals surface area (Å²) < 4.78 is 45.1. The molecule has 0 atom stereocenters. The third-order valence-corrected chi connectivity index (χ3v) is 4.09. The van der Waals surface area contributed by atoms with E-state index in [-0.39, 0.29) is 6.42 Å². The van der Waals surface area contributed by atoms with Gasteiger partial charge in [-0.15, -0.1) is 0 Å². The van der Waals surface area contributed by atoms with Crippen molar-refractivity contribution >= 4 is 15.9 Å². The van der Waals surface area contributed by atoms with Crippen molar-refractivity contribution in [3.63, 3.8) is 0 Å². The number of halogens is 4. The summed E-state index contributed by atoms with van der Waals surface area (Å²) in [5, 5.41) is 0. The predicted molar refractivity (Wildman–Crippen MR) is 88.6 cm³/mol. The molecule has 1 aromatic heterocycles. The third kappa shape index (κ3) is 3.70. The van der Waals surface area contributed by atoms with Gasteiger partial charge in [0.25, 0.3) is 0 Å². The topological polar surface area (TPSA) is 26.0 Å². The van der Waals surface area contributed by atoms with Crippen LogP contribution in [-0.2, 0) is 12.6 Å². The molecule has 124 valence electrons. The molecule has 1 heterocycles. The number of alkyl halides is 3. The van der Waals surface area contributed by atoms with E-state index in [0.29, 0.717) is 22.9 Å². The third-order valence-electron chi connectivity index (χ3n) is 3.56. The van der Waals surface area contributed by atoms with Crippen molar-refractivity contribution in [3.8, 4) is 11.3 Å². The van der Waals surface area contributed by atoms with E-state index in [0.717, 1.165) is 22.2 Å². The Kier molecular flexibility index (Phi) is 4.49. The molecular weight excluding hydrogens is 383 g/mol. The molecule has 0 spiro atoms. The van der Waals surface area contributed by atoms with Crippen LogP contribution >= 0.6 is 15.9 Å². The van der Waals surface area contributed by atoms with Crippen LogP contribution in [0.5, 0.6) is 0 Å². The van der Waals surface area contributed by atoms with E-state index in [1.54, 1.807) is 6.07 Å². The highest BCUT2D eigenvalue weighted by Crippen LogP contribution is 2.31. The van der Waals surface area contributed by atoms with Gasteiger partial charge in [-0.2, -0.15) is 13.2 Å². The first-order valence-electron chi connectivity index (χ1n) is 7.21. The Morgan fingerprint density at radius 2 is 1.79 bits per heavy atom. The van der Waals surface area contributed by atoms with Crippen molar-refractivity contribution in [1.82, 2.24) is 4.98 Å². The quantitative estimate of drug-likeness (QED) is 0.541. The van der Waals surface area contributed by atoms with Crippen molar-refractivity contribution < 1.29 is 17.6 Å². The van der Waals surface area contributed by atoms with Gasteiger partial charge in [-0.3, -0.25) is 0 Å². The fourth-order valence-electron chi connectivity index (χ4n) is 2.43. The molecule has 6 heteroatoms. The standard InChI is InChI=1S/C18H13BrF3NO/c1-11-17(13-5-7-15(19)8-6-13)24-16(23-11)10-12-3-2-4-14(9-12)18(20,21)22/h2-9H,10H2,1H3. The molecule has 0 aliphatic carbocycles. The second-order valence-corrected chi connectivity index (χ2v) is 6.32. The lowest BCUT2D eigenvalue weighted by Crippen LogP contribution is -2.05. The Balaban J connectivity index is 1.87. The average Bonchev–Trinajstić information content (AvgIpc) is 2.88. The molecule has 24 heavy (non-hydrogen) atoms. The Morgan fingerprint density at radius 1 is 1.08 bits per heavy atom. The Labute approximate surface area is 145 Å². The molecule has 3 aromatic rings. The number of hydrogen-bond donors (Lipinski definition) is 0. The predicted octanol–water partition coefficient (Wildman–Crippen LogP) is 6.02. The summed E-state index contributed by atoms with van der Waals surface area (Å²) in [5.74, 6) is 1.02. The molecular formula is C18H13BrF3NO. The fourth-order valence-corrected chi connectivity index (χ4v) is 2.69. The minimum atomic E-state index is -4.36. The Hall–Kier alpha value is -2.08. The maximum Gasteiger partial charge on any atom is 0.416 e. The maximum atomic E-state index is 12.8. The summed E-state index contributed by atoms with van der Waals surface area (Å²) in [6, 6.07) is 12.8. The van der Waals surface area contributed by atoms with Gasteiger partial charge in [0.15, 0.2) is 11.7 Å². The normalized spacial score (nSPS) is 11.7. The zero-order valence-corrected chi connectivity index (χ0v) is 14.3. The highest BCUT2D eigenvalue weighted by atomic mass is 79.9. The van der Waals surface area contributed by atoms with Crippen LogP contribution in [0.2, 0.25) is 0 Å². The van der Waals surface area contributed by atoms with Crippen molar-refractivity contribution in [1.29, 1.82) is 0 Å². The molecule has 0 radical (unpaired) electrons. The van der Waals surface area contributed by atoms with Gasteiger partial charge in [-0.25, -0.2) is 4.98 Å². The van der Waals surface area contributed by atoms with E-state index in [1.807, 2.05) is 31.2 Å². The zero-order chi connectivity index (χ0) is 17.3. The van der Waals surface area contributed by atoms with Crippen LogP contribution < -0.4 is 0 Å². The van der Waals surface area contributed by atoms with Crippen molar-refractivity contribution in [2.45, 2.75) is 19.5 Å². The van der Waals surface area contributed by atoms with Gasteiger partial charge in [0, 0.05) is 16.5 Å². The Bertz CT molecular complexity index is 853. The highest BCUT2D eigenvalue weighted by molar-refractivity contribution is 9.10. The fraction of sp³-hybridized carbons (Fsp3) is 0.167. The number of oxazole rings is 1. The molecule has 3 rings (SSSR count). The average molecular weight is 396 g/mol. The van der Waals surface area contributed by atoms with Crippen LogP contribution in [0.4, 0.5) is 13.2 Å². The van der Waals surface area contributed by atoms with E-state index in [9.17, 15) is 13.2 Å². The summed E-state index contributed by atoms with van der Waals surface area (Å²) in [7, 11) is 0.